The van der Waals surface area contributed by atoms with Crippen LogP contribution in [0.4, 0.5) is 0 Å². The molecule has 4 heteroatoms. The monoisotopic (exact) mass is 492 g/mol. The number of thiophene rings is 3. The second-order valence-corrected chi connectivity index (χ2v) is 12.2. The third-order valence-corrected chi connectivity index (χ3v) is 10.2. The highest BCUT2D eigenvalue weighted by molar-refractivity contribution is 7.81. The molecule has 164 valence electrons. The highest BCUT2D eigenvalue weighted by atomic mass is 32.1. The first kappa shape index (κ1) is 22.2. The molecule has 5 rings (SSSR count). The van der Waals surface area contributed by atoms with Crippen LogP contribution in [0, 0.1) is 0 Å². The smallest absolute Gasteiger partial charge is 0.0488 e. The number of aryl methyl sites for hydroxylation is 1. The van der Waals surface area contributed by atoms with Crippen LogP contribution < -0.4 is 0 Å². The highest BCUT2D eigenvalue weighted by Crippen LogP contribution is 2.44. The molecule has 0 atom stereocenters. The summed E-state index contributed by atoms with van der Waals surface area (Å²) >= 11 is 10.6. The van der Waals surface area contributed by atoms with Crippen molar-refractivity contribution in [2.45, 2.75) is 56.8 Å². The molecule has 0 aliphatic rings. The van der Waals surface area contributed by atoms with Crippen molar-refractivity contribution in [1.82, 2.24) is 0 Å². The second-order valence-electron chi connectivity index (χ2n) is 8.43. The Morgan fingerprint density at radius 2 is 1.47 bits per heavy atom. The van der Waals surface area contributed by atoms with Crippen molar-refractivity contribution >= 4 is 66.1 Å². The Morgan fingerprint density at radius 3 is 2.28 bits per heavy atom. The molecule has 5 aromatic rings. The van der Waals surface area contributed by atoms with E-state index < -0.39 is 0 Å². The van der Waals surface area contributed by atoms with Crippen molar-refractivity contribution in [1.29, 1.82) is 0 Å². The number of hydrogen-bond donors (Lipinski definition) is 1. The minimum Gasteiger partial charge on any atom is -0.141 e. The Kier molecular flexibility index (Phi) is 7.03. The van der Waals surface area contributed by atoms with E-state index in [1.807, 2.05) is 34.0 Å². The van der Waals surface area contributed by atoms with Gasteiger partial charge >= 0.3 is 0 Å². The number of rotatable bonds is 9. The first-order valence-electron chi connectivity index (χ1n) is 11.6. The molecule has 0 aliphatic carbocycles. The first-order valence-corrected chi connectivity index (χ1v) is 14.5. The molecule has 0 bridgehead atoms. The van der Waals surface area contributed by atoms with Gasteiger partial charge in [0, 0.05) is 39.0 Å². The Balaban J connectivity index is 1.33. The maximum absolute atomic E-state index is 4.86. The van der Waals surface area contributed by atoms with Crippen molar-refractivity contribution in [2.24, 2.45) is 0 Å². The molecular weight excluding hydrogens is 465 g/mol. The van der Waals surface area contributed by atoms with E-state index in [2.05, 4.69) is 67.6 Å². The topological polar surface area (TPSA) is 0 Å². The SMILES string of the molecule is CCCCCCCCc1cc2sc(-c3ccc4c(S)c(-c5ccccc5)sc4c3)cc2s1. The molecule has 3 heterocycles. The van der Waals surface area contributed by atoms with Gasteiger partial charge in [-0.1, -0.05) is 81.5 Å². The predicted molar refractivity (Wildman–Crippen MR) is 150 cm³/mol. The van der Waals surface area contributed by atoms with E-state index >= 15 is 0 Å². The maximum atomic E-state index is 4.86. The van der Waals surface area contributed by atoms with Gasteiger partial charge in [0.2, 0.25) is 0 Å². The molecule has 0 spiro atoms. The third-order valence-electron chi connectivity index (χ3n) is 6.02. The Hall–Kier alpha value is -1.59. The average Bonchev–Trinajstić information content (AvgIpc) is 3.48. The molecule has 3 aromatic heterocycles. The fourth-order valence-corrected chi connectivity index (χ4v) is 8.40. The molecule has 0 aliphatic heterocycles. The highest BCUT2D eigenvalue weighted by Gasteiger charge is 2.14. The van der Waals surface area contributed by atoms with Gasteiger partial charge in [-0.15, -0.1) is 46.6 Å². The van der Waals surface area contributed by atoms with Crippen molar-refractivity contribution in [3.63, 3.8) is 0 Å². The van der Waals surface area contributed by atoms with Crippen LogP contribution in [0.15, 0.2) is 65.6 Å². The van der Waals surface area contributed by atoms with Crippen molar-refractivity contribution in [2.75, 3.05) is 0 Å². The summed E-state index contributed by atoms with van der Waals surface area (Å²) < 4.78 is 4.20. The van der Waals surface area contributed by atoms with E-state index in [1.54, 1.807) is 4.88 Å². The average molecular weight is 493 g/mol. The largest absolute Gasteiger partial charge is 0.141 e. The van der Waals surface area contributed by atoms with Crippen molar-refractivity contribution in [3.8, 4) is 20.9 Å². The van der Waals surface area contributed by atoms with E-state index in [-0.39, 0.29) is 0 Å². The van der Waals surface area contributed by atoms with Gasteiger partial charge in [0.05, 0.1) is 0 Å². The van der Waals surface area contributed by atoms with Crippen LogP contribution >= 0.6 is 46.6 Å². The van der Waals surface area contributed by atoms with E-state index in [0.717, 1.165) is 4.90 Å². The van der Waals surface area contributed by atoms with Crippen molar-refractivity contribution in [3.05, 3.63) is 65.5 Å². The molecule has 0 saturated heterocycles. The van der Waals surface area contributed by atoms with Crippen LogP contribution in [-0.4, -0.2) is 0 Å². The fraction of sp³-hybridized carbons (Fsp3) is 0.286. The summed E-state index contributed by atoms with van der Waals surface area (Å²) in [7, 11) is 0. The zero-order valence-corrected chi connectivity index (χ0v) is 21.7. The third kappa shape index (κ3) is 4.70. The van der Waals surface area contributed by atoms with Gasteiger partial charge < -0.3 is 0 Å². The number of benzene rings is 2. The van der Waals surface area contributed by atoms with Crippen LogP contribution in [-0.2, 0) is 6.42 Å². The minimum atomic E-state index is 1.09. The van der Waals surface area contributed by atoms with Gasteiger partial charge in [0.25, 0.3) is 0 Å². The molecule has 0 N–H and O–H groups in total. The van der Waals surface area contributed by atoms with Gasteiger partial charge in [-0.25, -0.2) is 0 Å². The standard InChI is InChI=1S/C28H28S4/c1-2-3-4-5-6-10-13-21-17-25-26(30-21)18-23(31-25)20-14-15-22-24(16-20)32-28(27(22)29)19-11-8-7-9-12-19/h7-9,11-12,14-18,29H,2-6,10,13H2,1H3. The summed E-state index contributed by atoms with van der Waals surface area (Å²) in [5.74, 6) is 0. The maximum Gasteiger partial charge on any atom is 0.0488 e. The minimum absolute atomic E-state index is 1.09. The van der Waals surface area contributed by atoms with Crippen LogP contribution in [0.3, 0.4) is 0 Å². The zero-order valence-electron chi connectivity index (χ0n) is 18.4. The van der Waals surface area contributed by atoms with Gasteiger partial charge in [-0.3, -0.25) is 0 Å². The number of thiol groups is 1. The molecular formula is C28H28S4. The lowest BCUT2D eigenvalue weighted by Crippen LogP contribution is -1.82. The summed E-state index contributed by atoms with van der Waals surface area (Å²) in [4.78, 5) is 5.27. The fourth-order valence-electron chi connectivity index (χ4n) is 4.25. The molecule has 0 saturated carbocycles. The van der Waals surface area contributed by atoms with E-state index in [1.165, 1.54) is 85.3 Å². The van der Waals surface area contributed by atoms with Crippen molar-refractivity contribution < 1.29 is 0 Å². The van der Waals surface area contributed by atoms with Gasteiger partial charge in [0.15, 0.2) is 0 Å². The number of fused-ring (bicyclic) bond motifs is 2. The number of hydrogen-bond acceptors (Lipinski definition) is 4. The lowest BCUT2D eigenvalue weighted by atomic mass is 10.1. The zero-order chi connectivity index (χ0) is 21.9. The molecule has 2 aromatic carbocycles. The second kappa shape index (κ2) is 10.1. The quantitative estimate of drug-likeness (QED) is 0.153. The van der Waals surface area contributed by atoms with Gasteiger partial charge in [-0.2, -0.15) is 0 Å². The van der Waals surface area contributed by atoms with E-state index in [4.69, 9.17) is 12.6 Å². The summed E-state index contributed by atoms with van der Waals surface area (Å²) in [6.45, 7) is 2.28. The summed E-state index contributed by atoms with van der Waals surface area (Å²) in [6, 6.07) is 22.3. The van der Waals surface area contributed by atoms with Crippen LogP contribution in [0.2, 0.25) is 0 Å². The normalized spacial score (nSPS) is 11.7. The molecule has 32 heavy (non-hydrogen) atoms. The molecule has 0 radical (unpaired) electrons. The van der Waals surface area contributed by atoms with Crippen LogP contribution in [0.1, 0.15) is 50.3 Å². The summed E-state index contributed by atoms with van der Waals surface area (Å²) in [6.07, 6.45) is 9.44. The van der Waals surface area contributed by atoms with Gasteiger partial charge in [0.1, 0.15) is 0 Å². The van der Waals surface area contributed by atoms with Crippen LogP contribution in [0.25, 0.3) is 40.4 Å². The lowest BCUT2D eigenvalue weighted by Gasteiger charge is -2.00. The summed E-state index contributed by atoms with van der Waals surface area (Å²) in [5, 5.41) is 1.25. The first-order chi connectivity index (χ1) is 15.7. The molecule has 0 nitrogen and oxygen atoms in total. The van der Waals surface area contributed by atoms with Crippen LogP contribution in [0.5, 0.6) is 0 Å². The molecule has 0 fully saturated rings. The Labute approximate surface area is 208 Å². The number of unbranched alkanes of at least 4 members (excludes halogenated alkanes) is 5. The van der Waals surface area contributed by atoms with Gasteiger partial charge in [-0.05, 0) is 42.2 Å². The predicted octanol–water partition coefficient (Wildman–Crippen LogP) is 10.7. The molecule has 0 amide bonds. The Bertz CT molecular complexity index is 1290. The Morgan fingerprint density at radius 1 is 0.688 bits per heavy atom. The summed E-state index contributed by atoms with van der Waals surface area (Å²) in [5.41, 5.74) is 2.56. The molecule has 0 unspecified atom stereocenters. The van der Waals surface area contributed by atoms with E-state index in [9.17, 15) is 0 Å². The van der Waals surface area contributed by atoms with E-state index in [0.29, 0.717) is 0 Å². The lowest BCUT2D eigenvalue weighted by molar-refractivity contribution is 0.609.